The monoisotopic (exact) mass is 305 g/mol. The molecule has 0 spiro atoms. The number of nitrogens with zero attached hydrogens (tertiary/aromatic N) is 2. The zero-order valence-electron chi connectivity index (χ0n) is 11.7. The van der Waals surface area contributed by atoms with E-state index >= 15 is 0 Å². The van der Waals surface area contributed by atoms with Crippen LogP contribution in [0.25, 0.3) is 0 Å². The van der Waals surface area contributed by atoms with Crippen LogP contribution in [0.15, 0.2) is 41.5 Å². The van der Waals surface area contributed by atoms with Crippen molar-refractivity contribution in [3.8, 4) is 0 Å². The molecule has 0 saturated heterocycles. The van der Waals surface area contributed by atoms with Crippen LogP contribution >= 0.6 is 11.6 Å². The van der Waals surface area contributed by atoms with Crippen LogP contribution in [-0.4, -0.2) is 22.0 Å². The first-order valence-electron chi connectivity index (χ1n) is 6.59. The Hall–Kier alpha value is -2.14. The summed E-state index contributed by atoms with van der Waals surface area (Å²) in [4.78, 5) is 27.4. The summed E-state index contributed by atoms with van der Waals surface area (Å²) >= 11 is 5.80. The maximum Gasteiger partial charge on any atom is 0.253 e. The number of halogens is 1. The Bertz CT molecular complexity index is 680. The normalized spacial score (nSPS) is 10.4. The zero-order valence-corrected chi connectivity index (χ0v) is 12.4. The van der Waals surface area contributed by atoms with Crippen molar-refractivity contribution in [2.45, 2.75) is 19.9 Å². The molecule has 110 valence electrons. The average molecular weight is 306 g/mol. The highest BCUT2D eigenvalue weighted by atomic mass is 35.5. The first kappa shape index (κ1) is 15.3. The van der Waals surface area contributed by atoms with Crippen LogP contribution < -0.4 is 10.9 Å². The molecule has 1 amide bonds. The van der Waals surface area contributed by atoms with Crippen molar-refractivity contribution in [2.24, 2.45) is 0 Å². The molecule has 2 rings (SSSR count). The minimum atomic E-state index is -0.227. The average Bonchev–Trinajstić information content (AvgIpc) is 2.44. The molecule has 1 heterocycles. The third-order valence-corrected chi connectivity index (χ3v) is 3.23. The number of benzene rings is 1. The standard InChI is InChI=1S/C15H16ClN3O2/c1-11-8-15(21)19(10-18-11)9-14(20)17-7-6-12-2-4-13(16)5-3-12/h2-5,8,10H,6-7,9H2,1H3,(H,17,20). The topological polar surface area (TPSA) is 64.0 Å². The molecule has 0 atom stereocenters. The van der Waals surface area contributed by atoms with Gasteiger partial charge in [-0.15, -0.1) is 0 Å². The van der Waals surface area contributed by atoms with Crippen LogP contribution in [0.2, 0.25) is 5.02 Å². The van der Waals surface area contributed by atoms with E-state index in [0.717, 1.165) is 5.56 Å². The van der Waals surface area contributed by atoms with Gasteiger partial charge in [-0.1, -0.05) is 23.7 Å². The van der Waals surface area contributed by atoms with E-state index in [4.69, 9.17) is 11.6 Å². The molecule has 0 aliphatic carbocycles. The van der Waals surface area contributed by atoms with Gasteiger partial charge in [-0.25, -0.2) is 4.98 Å². The number of hydrogen-bond donors (Lipinski definition) is 1. The summed E-state index contributed by atoms with van der Waals surface area (Å²) in [5.74, 6) is -0.211. The van der Waals surface area contributed by atoms with Crippen LogP contribution in [0.5, 0.6) is 0 Å². The van der Waals surface area contributed by atoms with Gasteiger partial charge in [-0.2, -0.15) is 0 Å². The number of aromatic nitrogens is 2. The molecule has 0 unspecified atom stereocenters. The van der Waals surface area contributed by atoms with Crippen molar-refractivity contribution in [3.05, 3.63) is 63.3 Å². The van der Waals surface area contributed by atoms with Gasteiger partial charge in [0.05, 0.1) is 6.33 Å². The summed E-state index contributed by atoms with van der Waals surface area (Å²) in [6, 6.07) is 8.87. The maximum atomic E-state index is 11.8. The fourth-order valence-electron chi connectivity index (χ4n) is 1.84. The molecular formula is C15H16ClN3O2. The largest absolute Gasteiger partial charge is 0.354 e. The maximum absolute atomic E-state index is 11.8. The lowest BCUT2D eigenvalue weighted by Gasteiger charge is -2.07. The van der Waals surface area contributed by atoms with Gasteiger partial charge in [0.15, 0.2) is 0 Å². The number of rotatable bonds is 5. The highest BCUT2D eigenvalue weighted by Crippen LogP contribution is 2.09. The lowest BCUT2D eigenvalue weighted by atomic mass is 10.1. The molecule has 0 aliphatic rings. The first-order valence-corrected chi connectivity index (χ1v) is 6.96. The van der Waals surface area contributed by atoms with Gasteiger partial charge in [0.1, 0.15) is 6.54 Å². The third kappa shape index (κ3) is 4.72. The smallest absolute Gasteiger partial charge is 0.253 e. The van der Waals surface area contributed by atoms with Crippen LogP contribution in [0.1, 0.15) is 11.3 Å². The van der Waals surface area contributed by atoms with Gasteiger partial charge in [0.25, 0.3) is 5.56 Å². The predicted molar refractivity (Wildman–Crippen MR) is 81.4 cm³/mol. The summed E-state index contributed by atoms with van der Waals surface area (Å²) in [5.41, 5.74) is 1.50. The van der Waals surface area contributed by atoms with E-state index in [1.165, 1.54) is 17.0 Å². The molecule has 0 radical (unpaired) electrons. The van der Waals surface area contributed by atoms with Gasteiger partial charge in [0.2, 0.25) is 5.91 Å². The predicted octanol–water partition coefficient (Wildman–Crippen LogP) is 1.56. The van der Waals surface area contributed by atoms with Crippen molar-refractivity contribution in [2.75, 3.05) is 6.54 Å². The van der Waals surface area contributed by atoms with Crippen LogP contribution in [-0.2, 0) is 17.8 Å². The summed E-state index contributed by atoms with van der Waals surface area (Å²) in [5, 5.41) is 3.47. The number of aryl methyl sites for hydroxylation is 1. The first-order chi connectivity index (χ1) is 10.0. The number of carbonyl (C=O) groups excluding carboxylic acids is 1. The van der Waals surface area contributed by atoms with Crippen LogP contribution in [0.4, 0.5) is 0 Å². The number of amides is 1. The number of carbonyl (C=O) groups is 1. The summed E-state index contributed by atoms with van der Waals surface area (Å²) in [6.45, 7) is 2.22. The lowest BCUT2D eigenvalue weighted by Crippen LogP contribution is -2.33. The molecule has 0 saturated carbocycles. The van der Waals surface area contributed by atoms with Crippen molar-refractivity contribution >= 4 is 17.5 Å². The molecular weight excluding hydrogens is 290 g/mol. The molecule has 2 aromatic rings. The number of hydrogen-bond acceptors (Lipinski definition) is 3. The van der Waals surface area contributed by atoms with Gasteiger partial charge in [-0.3, -0.25) is 14.2 Å². The Kier molecular flexibility index (Phi) is 5.11. The van der Waals surface area contributed by atoms with Crippen LogP contribution in [0.3, 0.4) is 0 Å². The van der Waals surface area contributed by atoms with Gasteiger partial charge < -0.3 is 5.32 Å². The second-order valence-electron chi connectivity index (χ2n) is 4.72. The van der Waals surface area contributed by atoms with E-state index < -0.39 is 0 Å². The molecule has 0 fully saturated rings. The molecule has 6 heteroatoms. The van der Waals surface area contributed by atoms with Gasteiger partial charge in [-0.05, 0) is 31.0 Å². The van der Waals surface area contributed by atoms with E-state index in [1.807, 2.05) is 24.3 Å². The molecule has 1 N–H and O–H groups in total. The summed E-state index contributed by atoms with van der Waals surface area (Å²) in [6.07, 6.45) is 2.10. The lowest BCUT2D eigenvalue weighted by molar-refractivity contribution is -0.121. The Morgan fingerprint density at radius 1 is 1.33 bits per heavy atom. The highest BCUT2D eigenvalue weighted by Gasteiger charge is 2.04. The molecule has 5 nitrogen and oxygen atoms in total. The van der Waals surface area contributed by atoms with E-state index in [0.29, 0.717) is 23.7 Å². The van der Waals surface area contributed by atoms with Gasteiger partial charge >= 0.3 is 0 Å². The van der Waals surface area contributed by atoms with Gasteiger partial charge in [0, 0.05) is 23.3 Å². The van der Waals surface area contributed by atoms with E-state index in [-0.39, 0.29) is 18.0 Å². The van der Waals surface area contributed by atoms with E-state index in [1.54, 1.807) is 6.92 Å². The minimum absolute atomic E-state index is 0.0211. The van der Waals surface area contributed by atoms with Crippen molar-refractivity contribution in [1.82, 2.24) is 14.9 Å². The number of nitrogens with one attached hydrogen (secondary N) is 1. The second-order valence-corrected chi connectivity index (χ2v) is 5.16. The van der Waals surface area contributed by atoms with E-state index in [2.05, 4.69) is 10.3 Å². The molecule has 1 aromatic heterocycles. The van der Waals surface area contributed by atoms with Crippen molar-refractivity contribution in [1.29, 1.82) is 0 Å². The highest BCUT2D eigenvalue weighted by molar-refractivity contribution is 6.30. The Morgan fingerprint density at radius 2 is 2.05 bits per heavy atom. The fourth-order valence-corrected chi connectivity index (χ4v) is 1.97. The van der Waals surface area contributed by atoms with Crippen molar-refractivity contribution < 1.29 is 4.79 Å². The Balaban J connectivity index is 1.82. The molecule has 0 bridgehead atoms. The molecule has 0 aliphatic heterocycles. The zero-order chi connectivity index (χ0) is 15.2. The molecule has 21 heavy (non-hydrogen) atoms. The van der Waals surface area contributed by atoms with E-state index in [9.17, 15) is 9.59 Å². The minimum Gasteiger partial charge on any atom is -0.354 e. The quantitative estimate of drug-likeness (QED) is 0.912. The second kappa shape index (κ2) is 7.04. The third-order valence-electron chi connectivity index (χ3n) is 2.98. The Labute approximate surface area is 127 Å². The van der Waals surface area contributed by atoms with Crippen molar-refractivity contribution in [3.63, 3.8) is 0 Å². The van der Waals surface area contributed by atoms with Crippen LogP contribution in [0, 0.1) is 6.92 Å². The SMILES string of the molecule is Cc1cc(=O)n(CC(=O)NCCc2ccc(Cl)cc2)cn1. The summed E-state index contributed by atoms with van der Waals surface area (Å²) in [7, 11) is 0. The summed E-state index contributed by atoms with van der Waals surface area (Å²) < 4.78 is 1.28. The molecule has 1 aromatic carbocycles. The fraction of sp³-hybridized carbons (Fsp3) is 0.267. The Morgan fingerprint density at radius 3 is 2.71 bits per heavy atom.